The third-order valence-corrected chi connectivity index (χ3v) is 3.92. The molecule has 9 heteroatoms. The summed E-state index contributed by atoms with van der Waals surface area (Å²) in [6.07, 6.45) is 3.45. The Kier molecular flexibility index (Phi) is 4.04. The molecule has 26 heavy (non-hydrogen) atoms. The number of hydrogen-bond acceptors (Lipinski definition) is 6. The molecule has 1 amide bonds. The van der Waals surface area contributed by atoms with E-state index in [1.54, 1.807) is 21.8 Å². The number of nitrogens with one attached hydrogen (secondary N) is 1. The second-order valence-electron chi connectivity index (χ2n) is 6.19. The number of hydrogen-bond donors (Lipinski definition) is 1. The van der Waals surface area contributed by atoms with Crippen LogP contribution < -0.4 is 14.8 Å². The second kappa shape index (κ2) is 6.51. The zero-order valence-corrected chi connectivity index (χ0v) is 14.4. The Morgan fingerprint density at radius 3 is 2.92 bits per heavy atom. The predicted octanol–water partition coefficient (Wildman–Crippen LogP) is 2.09. The van der Waals surface area contributed by atoms with Crippen molar-refractivity contribution in [3.05, 3.63) is 36.7 Å². The normalized spacial score (nSPS) is 12.6. The van der Waals surface area contributed by atoms with E-state index in [4.69, 9.17) is 9.47 Å². The number of benzene rings is 1. The molecule has 1 aliphatic heterocycles. The van der Waals surface area contributed by atoms with Gasteiger partial charge < -0.3 is 14.8 Å². The molecule has 0 radical (unpaired) electrons. The Morgan fingerprint density at radius 2 is 2.12 bits per heavy atom. The molecule has 9 nitrogen and oxygen atoms in total. The maximum absolute atomic E-state index is 12.2. The molecule has 0 spiro atoms. The van der Waals surface area contributed by atoms with Crippen LogP contribution in [0.5, 0.6) is 11.5 Å². The minimum Gasteiger partial charge on any atom is -0.454 e. The molecule has 3 aromatic rings. The molecule has 2 aromatic heterocycles. The van der Waals surface area contributed by atoms with Crippen LogP contribution in [0.25, 0.3) is 11.3 Å². The fraction of sp³-hybridized carbons (Fsp3) is 0.294. The molecule has 1 N–H and O–H groups in total. The highest BCUT2D eigenvalue weighted by atomic mass is 16.7. The fourth-order valence-corrected chi connectivity index (χ4v) is 2.58. The summed E-state index contributed by atoms with van der Waals surface area (Å²) in [5.41, 5.74) is 1.65. The highest BCUT2D eigenvalue weighted by molar-refractivity contribution is 5.89. The fourth-order valence-electron chi connectivity index (χ4n) is 2.58. The first kappa shape index (κ1) is 16.1. The van der Waals surface area contributed by atoms with Crippen LogP contribution in [0.3, 0.4) is 0 Å². The Labute approximate surface area is 149 Å². The smallest absolute Gasteiger partial charge is 0.247 e. The molecule has 3 heterocycles. The lowest BCUT2D eigenvalue weighted by Crippen LogP contribution is -2.19. The molecule has 1 aliphatic rings. The summed E-state index contributed by atoms with van der Waals surface area (Å²) in [6, 6.07) is 7.66. The molecule has 1 aromatic carbocycles. The van der Waals surface area contributed by atoms with Crippen LogP contribution in [0.1, 0.15) is 19.9 Å². The molecule has 4 rings (SSSR count). The Hall–Kier alpha value is -3.36. The lowest BCUT2D eigenvalue weighted by Gasteiger charge is -2.03. The van der Waals surface area contributed by atoms with Crippen molar-refractivity contribution in [2.45, 2.75) is 26.4 Å². The molecule has 0 atom stereocenters. The number of anilines is 1. The van der Waals surface area contributed by atoms with Crippen molar-refractivity contribution < 1.29 is 14.3 Å². The van der Waals surface area contributed by atoms with E-state index in [2.05, 4.69) is 20.7 Å². The second-order valence-corrected chi connectivity index (χ2v) is 6.19. The largest absolute Gasteiger partial charge is 0.454 e. The van der Waals surface area contributed by atoms with Crippen molar-refractivity contribution in [3.63, 3.8) is 0 Å². The van der Waals surface area contributed by atoms with Gasteiger partial charge in [-0.1, -0.05) is 5.21 Å². The zero-order chi connectivity index (χ0) is 18.1. The molecule has 134 valence electrons. The summed E-state index contributed by atoms with van der Waals surface area (Å²) in [6.45, 7) is 4.29. The van der Waals surface area contributed by atoms with E-state index < -0.39 is 0 Å². The molecule has 0 fully saturated rings. The first-order chi connectivity index (χ1) is 12.6. The summed E-state index contributed by atoms with van der Waals surface area (Å²) in [7, 11) is 0. The molecule has 0 saturated carbocycles. The number of nitrogens with zero attached hydrogens (tertiary/aromatic N) is 5. The van der Waals surface area contributed by atoms with Crippen LogP contribution >= 0.6 is 0 Å². The van der Waals surface area contributed by atoms with Gasteiger partial charge >= 0.3 is 0 Å². The number of amides is 1. The van der Waals surface area contributed by atoms with Gasteiger partial charge in [0.05, 0.1) is 11.9 Å². The Balaban J connectivity index is 1.42. The van der Waals surface area contributed by atoms with Gasteiger partial charge in [0.2, 0.25) is 12.7 Å². The minimum atomic E-state index is -0.221. The summed E-state index contributed by atoms with van der Waals surface area (Å²) in [5.74, 6) is 1.62. The first-order valence-corrected chi connectivity index (χ1v) is 8.23. The Bertz CT molecular complexity index is 946. The summed E-state index contributed by atoms with van der Waals surface area (Å²) in [5, 5.41) is 15.0. The monoisotopic (exact) mass is 354 g/mol. The SMILES string of the molecule is CC(C)n1cc(NC(=O)Cn2ccc(-c3ccc4c(c3)OCO4)n2)nn1. The van der Waals surface area contributed by atoms with Gasteiger partial charge in [-0.15, -0.1) is 5.10 Å². The van der Waals surface area contributed by atoms with Crippen molar-refractivity contribution >= 4 is 11.7 Å². The van der Waals surface area contributed by atoms with E-state index in [1.165, 1.54) is 0 Å². The van der Waals surface area contributed by atoms with Crippen LogP contribution in [0, 0.1) is 0 Å². The van der Waals surface area contributed by atoms with E-state index in [0.29, 0.717) is 11.6 Å². The van der Waals surface area contributed by atoms with Crippen LogP contribution in [-0.4, -0.2) is 37.5 Å². The quantitative estimate of drug-likeness (QED) is 0.754. The van der Waals surface area contributed by atoms with Crippen LogP contribution in [-0.2, 0) is 11.3 Å². The third kappa shape index (κ3) is 3.23. The molecule has 0 unspecified atom stereocenters. The minimum absolute atomic E-state index is 0.0824. The standard InChI is InChI=1S/C17H18N6O3/c1-11(2)23-8-16(19-21-23)18-17(24)9-22-6-5-13(20-22)12-3-4-14-15(7-12)26-10-25-14/h3-8,11H,9-10H2,1-2H3,(H,18,24). The predicted molar refractivity (Wildman–Crippen MR) is 92.8 cm³/mol. The van der Waals surface area contributed by atoms with Gasteiger partial charge in [0, 0.05) is 17.8 Å². The van der Waals surface area contributed by atoms with E-state index in [-0.39, 0.29) is 25.3 Å². The highest BCUT2D eigenvalue weighted by Crippen LogP contribution is 2.35. The van der Waals surface area contributed by atoms with Crippen molar-refractivity contribution in [1.29, 1.82) is 0 Å². The lowest BCUT2D eigenvalue weighted by molar-refractivity contribution is -0.116. The van der Waals surface area contributed by atoms with E-state index >= 15 is 0 Å². The van der Waals surface area contributed by atoms with Gasteiger partial charge in [-0.25, -0.2) is 4.68 Å². The van der Waals surface area contributed by atoms with Gasteiger partial charge in [-0.3, -0.25) is 9.48 Å². The van der Waals surface area contributed by atoms with E-state index in [1.807, 2.05) is 38.1 Å². The topological polar surface area (TPSA) is 96.1 Å². The van der Waals surface area contributed by atoms with Gasteiger partial charge in [0.15, 0.2) is 17.3 Å². The van der Waals surface area contributed by atoms with Gasteiger partial charge in [0.1, 0.15) is 6.54 Å². The lowest BCUT2D eigenvalue weighted by atomic mass is 10.1. The van der Waals surface area contributed by atoms with Crippen LogP contribution in [0.4, 0.5) is 5.82 Å². The average Bonchev–Trinajstić information content (AvgIpc) is 3.34. The summed E-state index contributed by atoms with van der Waals surface area (Å²) >= 11 is 0. The van der Waals surface area contributed by atoms with Crippen molar-refractivity contribution in [2.75, 3.05) is 12.1 Å². The summed E-state index contributed by atoms with van der Waals surface area (Å²) in [4.78, 5) is 12.2. The highest BCUT2D eigenvalue weighted by Gasteiger charge is 2.15. The Morgan fingerprint density at radius 1 is 1.27 bits per heavy atom. The molecule has 0 aliphatic carbocycles. The van der Waals surface area contributed by atoms with Crippen molar-refractivity contribution in [3.8, 4) is 22.8 Å². The third-order valence-electron chi connectivity index (χ3n) is 3.92. The number of carbonyl (C=O) groups is 1. The summed E-state index contributed by atoms with van der Waals surface area (Å²) < 4.78 is 13.9. The number of aromatic nitrogens is 5. The average molecular weight is 354 g/mol. The van der Waals surface area contributed by atoms with Crippen molar-refractivity contribution in [1.82, 2.24) is 24.8 Å². The van der Waals surface area contributed by atoms with Crippen molar-refractivity contribution in [2.24, 2.45) is 0 Å². The maximum Gasteiger partial charge on any atom is 0.247 e. The molecular weight excluding hydrogens is 336 g/mol. The first-order valence-electron chi connectivity index (χ1n) is 8.23. The molecule has 0 saturated heterocycles. The maximum atomic E-state index is 12.2. The number of fused-ring (bicyclic) bond motifs is 1. The number of rotatable bonds is 5. The van der Waals surface area contributed by atoms with E-state index in [0.717, 1.165) is 17.0 Å². The van der Waals surface area contributed by atoms with Crippen LogP contribution in [0.2, 0.25) is 0 Å². The van der Waals surface area contributed by atoms with Gasteiger partial charge in [-0.2, -0.15) is 5.10 Å². The number of carbonyl (C=O) groups excluding carboxylic acids is 1. The molecular formula is C17H18N6O3. The van der Waals surface area contributed by atoms with Gasteiger partial charge in [-0.05, 0) is 38.1 Å². The van der Waals surface area contributed by atoms with E-state index in [9.17, 15) is 4.79 Å². The number of ether oxygens (including phenoxy) is 2. The molecule has 0 bridgehead atoms. The zero-order valence-electron chi connectivity index (χ0n) is 14.4. The van der Waals surface area contributed by atoms with Crippen LogP contribution in [0.15, 0.2) is 36.7 Å². The van der Waals surface area contributed by atoms with Gasteiger partial charge in [0.25, 0.3) is 0 Å².